The summed E-state index contributed by atoms with van der Waals surface area (Å²) in [6, 6.07) is 15.2. The number of benzene rings is 2. The third kappa shape index (κ3) is 4.26. The first-order valence-electron chi connectivity index (χ1n) is 9.10. The van der Waals surface area contributed by atoms with Gasteiger partial charge in [-0.05, 0) is 18.2 Å². The minimum atomic E-state index is -4.69. The molecule has 164 valence electrons. The fourth-order valence-corrected chi connectivity index (χ4v) is 2.93. The van der Waals surface area contributed by atoms with Crippen LogP contribution in [0.4, 0.5) is 18.9 Å². The zero-order valence-electron chi connectivity index (χ0n) is 16.1. The Morgan fingerprint density at radius 2 is 1.75 bits per heavy atom. The maximum atomic E-state index is 13.2. The maximum Gasteiger partial charge on any atom is 0.433 e. The van der Waals surface area contributed by atoms with Crippen LogP contribution in [0.1, 0.15) is 16.2 Å². The summed E-state index contributed by atoms with van der Waals surface area (Å²) in [5, 5.41) is 12.3. The molecule has 1 aliphatic rings. The molecule has 32 heavy (non-hydrogen) atoms. The minimum absolute atomic E-state index is 0.0947. The molecule has 0 radical (unpaired) electrons. The Morgan fingerprint density at radius 3 is 2.44 bits per heavy atom. The maximum absolute atomic E-state index is 13.2. The van der Waals surface area contributed by atoms with Crippen molar-refractivity contribution in [3.05, 3.63) is 77.8 Å². The SMILES string of the molecule is O=C(O)c1cc2nc(-c3ccccc3)cc(C(F)(F)F)n2n1.[NH-]c1ccc2c(c1)OCO2. The van der Waals surface area contributed by atoms with Gasteiger partial charge in [-0.3, -0.25) is 0 Å². The Balaban J connectivity index is 0.000000203. The lowest BCUT2D eigenvalue weighted by Crippen LogP contribution is -2.14. The summed E-state index contributed by atoms with van der Waals surface area (Å²) < 4.78 is 50.1. The number of aromatic carboxylic acids is 1. The predicted molar refractivity (Wildman–Crippen MR) is 107 cm³/mol. The van der Waals surface area contributed by atoms with E-state index in [1.165, 1.54) is 0 Å². The number of halogens is 3. The number of hydrogen-bond acceptors (Lipinski definition) is 5. The molecule has 1 aliphatic heterocycles. The lowest BCUT2D eigenvalue weighted by atomic mass is 10.1. The quantitative estimate of drug-likeness (QED) is 0.455. The highest BCUT2D eigenvalue weighted by atomic mass is 19.4. The van der Waals surface area contributed by atoms with E-state index in [1.54, 1.807) is 48.5 Å². The van der Waals surface area contributed by atoms with E-state index in [0.717, 1.165) is 17.9 Å². The summed E-state index contributed by atoms with van der Waals surface area (Å²) in [6.07, 6.45) is -4.69. The summed E-state index contributed by atoms with van der Waals surface area (Å²) in [4.78, 5) is 15.0. The minimum Gasteiger partial charge on any atom is -0.699 e. The fourth-order valence-electron chi connectivity index (χ4n) is 2.93. The first-order valence-corrected chi connectivity index (χ1v) is 9.10. The van der Waals surface area contributed by atoms with Crippen LogP contribution in [0, 0.1) is 0 Å². The number of nitrogens with zero attached hydrogens (tertiary/aromatic N) is 3. The molecule has 0 bridgehead atoms. The second-order valence-electron chi connectivity index (χ2n) is 6.56. The van der Waals surface area contributed by atoms with Crippen LogP contribution in [0.25, 0.3) is 22.6 Å². The van der Waals surface area contributed by atoms with Crippen LogP contribution in [-0.4, -0.2) is 32.5 Å². The number of aromatic nitrogens is 3. The molecule has 2 aromatic heterocycles. The van der Waals surface area contributed by atoms with Crippen molar-refractivity contribution in [3.8, 4) is 22.8 Å². The monoisotopic (exact) mass is 443 g/mol. The third-order valence-corrected chi connectivity index (χ3v) is 4.38. The van der Waals surface area contributed by atoms with Crippen LogP contribution in [0.5, 0.6) is 11.5 Å². The molecule has 0 unspecified atom stereocenters. The molecule has 11 heteroatoms. The van der Waals surface area contributed by atoms with E-state index in [9.17, 15) is 18.0 Å². The molecule has 0 aliphatic carbocycles. The van der Waals surface area contributed by atoms with Gasteiger partial charge in [-0.25, -0.2) is 14.3 Å². The van der Waals surface area contributed by atoms with Crippen molar-refractivity contribution in [1.82, 2.24) is 14.6 Å². The lowest BCUT2D eigenvalue weighted by molar-refractivity contribution is -0.142. The zero-order chi connectivity index (χ0) is 22.9. The van der Waals surface area contributed by atoms with Gasteiger partial charge in [-0.15, -0.1) is 5.69 Å². The molecule has 4 aromatic rings. The number of carboxylic acids is 1. The third-order valence-electron chi connectivity index (χ3n) is 4.38. The second kappa shape index (κ2) is 8.10. The first kappa shape index (κ1) is 21.0. The number of alkyl halides is 3. The van der Waals surface area contributed by atoms with Crippen LogP contribution in [-0.2, 0) is 6.18 Å². The number of ether oxygens (including phenoxy) is 2. The molecule has 8 nitrogen and oxygen atoms in total. The fraction of sp³-hybridized carbons (Fsp3) is 0.0952. The van der Waals surface area contributed by atoms with E-state index in [-0.39, 0.29) is 18.1 Å². The van der Waals surface area contributed by atoms with Gasteiger partial charge in [0.25, 0.3) is 0 Å². The first-order chi connectivity index (χ1) is 15.2. The van der Waals surface area contributed by atoms with E-state index in [2.05, 4.69) is 10.1 Å². The lowest BCUT2D eigenvalue weighted by Gasteiger charge is -2.10. The van der Waals surface area contributed by atoms with Crippen molar-refractivity contribution in [2.45, 2.75) is 6.18 Å². The van der Waals surface area contributed by atoms with Crippen LogP contribution >= 0.6 is 0 Å². The van der Waals surface area contributed by atoms with Gasteiger partial charge >= 0.3 is 12.1 Å². The van der Waals surface area contributed by atoms with E-state index in [1.807, 2.05) is 0 Å². The topological polar surface area (TPSA) is 110 Å². The van der Waals surface area contributed by atoms with Crippen molar-refractivity contribution >= 4 is 17.3 Å². The summed E-state index contributed by atoms with van der Waals surface area (Å²) >= 11 is 0. The highest BCUT2D eigenvalue weighted by Crippen LogP contribution is 2.34. The van der Waals surface area contributed by atoms with Gasteiger partial charge in [0.15, 0.2) is 28.5 Å². The summed E-state index contributed by atoms with van der Waals surface area (Å²) in [6.45, 7) is 0.277. The summed E-state index contributed by atoms with van der Waals surface area (Å²) in [5.41, 5.74) is 6.51. The summed E-state index contributed by atoms with van der Waals surface area (Å²) in [7, 11) is 0. The smallest absolute Gasteiger partial charge is 0.433 e. The normalized spacial score (nSPS) is 12.3. The Labute approximate surface area is 178 Å². The molecule has 2 N–H and O–H groups in total. The van der Waals surface area contributed by atoms with Gasteiger partial charge in [-0.1, -0.05) is 36.4 Å². The van der Waals surface area contributed by atoms with Gasteiger partial charge in [0, 0.05) is 11.6 Å². The Hall–Kier alpha value is -4.28. The number of nitrogens with one attached hydrogen (secondary N) is 1. The number of fused-ring (bicyclic) bond motifs is 2. The second-order valence-corrected chi connectivity index (χ2v) is 6.56. The molecule has 0 spiro atoms. The van der Waals surface area contributed by atoms with Gasteiger partial charge in [-0.2, -0.15) is 18.3 Å². The van der Waals surface area contributed by atoms with Gasteiger partial charge in [0.1, 0.15) is 0 Å². The van der Waals surface area contributed by atoms with E-state index < -0.39 is 23.5 Å². The Bertz CT molecular complexity index is 1290. The van der Waals surface area contributed by atoms with E-state index in [0.29, 0.717) is 21.5 Å². The molecule has 0 atom stereocenters. The molecule has 0 saturated heterocycles. The van der Waals surface area contributed by atoms with Crippen LogP contribution in [0.15, 0.2) is 60.7 Å². The summed E-state index contributed by atoms with van der Waals surface area (Å²) in [5.74, 6) is -0.0108. The number of rotatable bonds is 2. The Kier molecular flexibility index (Phi) is 5.31. The molecule has 0 saturated carbocycles. The van der Waals surface area contributed by atoms with Crippen molar-refractivity contribution in [2.24, 2.45) is 0 Å². The zero-order valence-corrected chi connectivity index (χ0v) is 16.1. The van der Waals surface area contributed by atoms with Crippen molar-refractivity contribution < 1.29 is 32.5 Å². The largest absolute Gasteiger partial charge is 0.699 e. The van der Waals surface area contributed by atoms with Crippen molar-refractivity contribution in [3.63, 3.8) is 0 Å². The van der Waals surface area contributed by atoms with Crippen LogP contribution < -0.4 is 9.47 Å². The molecule has 2 aromatic carbocycles. The predicted octanol–water partition coefficient (Wildman–Crippen LogP) is 5.21. The van der Waals surface area contributed by atoms with E-state index >= 15 is 0 Å². The van der Waals surface area contributed by atoms with Crippen LogP contribution in [0.2, 0.25) is 0 Å². The number of hydrogen-bond donors (Lipinski definition) is 1. The molecular formula is C21H14F3N4O4-. The average Bonchev–Trinajstić information content (AvgIpc) is 3.39. The number of carboxylic acid groups (broad SMARTS) is 1. The molecule has 3 heterocycles. The number of carbonyl (C=O) groups is 1. The van der Waals surface area contributed by atoms with Gasteiger partial charge < -0.3 is 20.3 Å². The molecular weight excluding hydrogens is 429 g/mol. The van der Waals surface area contributed by atoms with Gasteiger partial charge in [0.2, 0.25) is 6.79 Å². The van der Waals surface area contributed by atoms with Crippen molar-refractivity contribution in [2.75, 3.05) is 6.79 Å². The van der Waals surface area contributed by atoms with Crippen LogP contribution in [0.3, 0.4) is 0 Å². The molecule has 0 fully saturated rings. The molecule has 5 rings (SSSR count). The van der Waals surface area contributed by atoms with Gasteiger partial charge in [0.05, 0.1) is 5.69 Å². The average molecular weight is 443 g/mol. The van der Waals surface area contributed by atoms with Crippen molar-refractivity contribution in [1.29, 1.82) is 0 Å². The highest BCUT2D eigenvalue weighted by Gasteiger charge is 2.35. The standard InChI is InChI=1S/C14H8F3N3O2.C7H6NO2/c15-14(16,17)11-6-9(8-4-2-1-3-5-8)18-12-7-10(13(21)22)19-20(11)12;8-5-1-2-6-7(3-5)10-4-9-6/h1-7H,(H,21,22);1-3,8H,4H2/q;-1. The van der Waals surface area contributed by atoms with E-state index in [4.69, 9.17) is 20.3 Å². The Morgan fingerprint density at radius 1 is 1.03 bits per heavy atom. The molecule has 0 amide bonds. The highest BCUT2D eigenvalue weighted by molar-refractivity contribution is 5.86.